The highest BCUT2D eigenvalue weighted by Crippen LogP contribution is 2.43. The maximum Gasteiger partial charge on any atom is 0.165 e. The molecule has 0 amide bonds. The molecular weight excluding hydrogens is 583 g/mol. The number of fused-ring (bicyclic) bond motifs is 9. The van der Waals surface area contributed by atoms with Gasteiger partial charge in [0, 0.05) is 47.6 Å². The lowest BCUT2D eigenvalue weighted by Crippen LogP contribution is -2.00. The van der Waals surface area contributed by atoms with E-state index in [1.54, 1.807) is 11.3 Å². The second-order valence-corrected chi connectivity index (χ2v) is 12.7. The van der Waals surface area contributed by atoms with Crippen LogP contribution in [0.5, 0.6) is 0 Å². The number of aromatic nitrogens is 3. The molecule has 4 nitrogen and oxygen atoms in total. The van der Waals surface area contributed by atoms with E-state index in [9.17, 15) is 0 Å². The molecule has 0 spiro atoms. The maximum absolute atomic E-state index is 6.29. The molecule has 214 valence electrons. The topological polar surface area (TPSA) is 51.8 Å². The summed E-state index contributed by atoms with van der Waals surface area (Å²) in [6.07, 6.45) is 0. The number of nitrogens with zero attached hydrogens (tertiary/aromatic N) is 3. The number of hydrogen-bond donors (Lipinski definition) is 0. The Morgan fingerprint density at radius 2 is 1.13 bits per heavy atom. The van der Waals surface area contributed by atoms with Crippen molar-refractivity contribution in [3.63, 3.8) is 0 Å². The summed E-state index contributed by atoms with van der Waals surface area (Å²) in [5.74, 6) is 1.94. The van der Waals surface area contributed by atoms with Crippen LogP contribution in [0.4, 0.5) is 0 Å². The van der Waals surface area contributed by atoms with E-state index >= 15 is 0 Å². The first-order valence-electron chi connectivity index (χ1n) is 15.3. The van der Waals surface area contributed by atoms with Gasteiger partial charge in [0.15, 0.2) is 17.5 Å². The molecule has 0 aliphatic rings. The van der Waals surface area contributed by atoms with Crippen molar-refractivity contribution in [3.8, 4) is 34.2 Å². The third kappa shape index (κ3) is 3.89. The molecule has 10 aromatic rings. The van der Waals surface area contributed by atoms with Gasteiger partial charge in [0.2, 0.25) is 0 Å². The summed E-state index contributed by atoms with van der Waals surface area (Å²) in [5.41, 5.74) is 4.58. The van der Waals surface area contributed by atoms with Crippen LogP contribution in [0.25, 0.3) is 97.8 Å². The quantitative estimate of drug-likeness (QED) is 0.201. The summed E-state index contributed by atoms with van der Waals surface area (Å²) in [4.78, 5) is 15.3. The van der Waals surface area contributed by atoms with E-state index in [1.165, 1.54) is 36.3 Å². The first kappa shape index (κ1) is 25.4. The van der Waals surface area contributed by atoms with Gasteiger partial charge >= 0.3 is 0 Å². The van der Waals surface area contributed by atoms with Crippen LogP contribution in [-0.2, 0) is 0 Å². The van der Waals surface area contributed by atoms with Crippen LogP contribution < -0.4 is 0 Å². The second kappa shape index (κ2) is 9.80. The smallest absolute Gasteiger partial charge is 0.165 e. The molecule has 0 saturated heterocycles. The summed E-state index contributed by atoms with van der Waals surface area (Å²) in [6, 6.07) is 48.6. The Morgan fingerprint density at radius 1 is 0.435 bits per heavy atom. The van der Waals surface area contributed by atoms with Crippen LogP contribution in [0.2, 0.25) is 0 Å². The first-order valence-corrected chi connectivity index (χ1v) is 16.1. The van der Waals surface area contributed by atoms with E-state index in [0.717, 1.165) is 44.0 Å². The molecule has 0 aliphatic heterocycles. The first-order chi connectivity index (χ1) is 22.8. The average Bonchev–Trinajstić information content (AvgIpc) is 3.68. The zero-order chi connectivity index (χ0) is 30.2. The third-order valence-electron chi connectivity index (χ3n) is 8.89. The molecule has 0 N–H and O–H groups in total. The number of hydrogen-bond acceptors (Lipinski definition) is 5. The molecule has 10 rings (SSSR count). The molecular formula is C41H23N3OS. The lowest BCUT2D eigenvalue weighted by Gasteiger charge is -2.09. The molecule has 0 saturated carbocycles. The van der Waals surface area contributed by atoms with Crippen LogP contribution in [-0.4, -0.2) is 15.0 Å². The van der Waals surface area contributed by atoms with Crippen molar-refractivity contribution in [2.75, 3.05) is 0 Å². The van der Waals surface area contributed by atoms with E-state index in [4.69, 9.17) is 19.4 Å². The Bertz CT molecular complexity index is 2820. The average molecular weight is 606 g/mol. The third-order valence-corrected chi connectivity index (χ3v) is 10.1. The van der Waals surface area contributed by atoms with Crippen LogP contribution in [0, 0.1) is 0 Å². The van der Waals surface area contributed by atoms with Gasteiger partial charge in [0.1, 0.15) is 11.2 Å². The fourth-order valence-corrected chi connectivity index (χ4v) is 7.91. The van der Waals surface area contributed by atoms with Crippen molar-refractivity contribution in [1.29, 1.82) is 0 Å². The standard InChI is InChI=1S/C41H23N3OS/c1-2-10-25(11-3-1)39-42-40(28-17-19-34-32(22-28)33-21-26-12-4-5-13-27(26)23-35(33)45-34)44-41(43-39)31-16-8-15-30-37-29-14-7-6-9-24(29)18-20-36(37)46-38(30)31/h1-23H. The minimum Gasteiger partial charge on any atom is -0.456 e. The molecule has 3 aromatic heterocycles. The molecule has 0 unspecified atom stereocenters. The van der Waals surface area contributed by atoms with Gasteiger partial charge in [-0.15, -0.1) is 11.3 Å². The number of thiophene rings is 1. The molecule has 0 atom stereocenters. The van der Waals surface area contributed by atoms with E-state index in [1.807, 2.05) is 42.5 Å². The highest BCUT2D eigenvalue weighted by atomic mass is 32.1. The number of rotatable bonds is 3. The summed E-state index contributed by atoms with van der Waals surface area (Å²) >= 11 is 1.79. The van der Waals surface area contributed by atoms with Crippen LogP contribution in [0.15, 0.2) is 144 Å². The van der Waals surface area contributed by atoms with Gasteiger partial charge in [0.05, 0.1) is 0 Å². The molecule has 0 fully saturated rings. The molecule has 0 bridgehead atoms. The predicted molar refractivity (Wildman–Crippen MR) is 191 cm³/mol. The molecule has 0 aliphatic carbocycles. The monoisotopic (exact) mass is 605 g/mol. The molecule has 5 heteroatoms. The Morgan fingerprint density at radius 3 is 2.00 bits per heavy atom. The van der Waals surface area contributed by atoms with Crippen molar-refractivity contribution in [2.24, 2.45) is 0 Å². The van der Waals surface area contributed by atoms with E-state index in [2.05, 4.69) is 97.1 Å². The Hall–Kier alpha value is -5.91. The maximum atomic E-state index is 6.29. The number of furan rings is 1. The summed E-state index contributed by atoms with van der Waals surface area (Å²) in [7, 11) is 0. The lowest BCUT2D eigenvalue weighted by molar-refractivity contribution is 0.669. The Labute approximate surface area is 267 Å². The molecule has 0 radical (unpaired) electrons. The largest absolute Gasteiger partial charge is 0.456 e. The Balaban J connectivity index is 1.21. The number of benzene rings is 7. The van der Waals surface area contributed by atoms with Gasteiger partial charge in [-0.3, -0.25) is 0 Å². The van der Waals surface area contributed by atoms with Gasteiger partial charge in [0.25, 0.3) is 0 Å². The molecule has 3 heterocycles. The fraction of sp³-hybridized carbons (Fsp3) is 0. The minimum absolute atomic E-state index is 0.629. The van der Waals surface area contributed by atoms with Crippen LogP contribution >= 0.6 is 11.3 Å². The van der Waals surface area contributed by atoms with E-state index in [-0.39, 0.29) is 0 Å². The summed E-state index contributed by atoms with van der Waals surface area (Å²) in [5, 5.41) is 9.46. The SMILES string of the molecule is c1ccc(-c2nc(-c3ccc4oc5cc6ccccc6cc5c4c3)nc(-c3cccc4c3sc3ccc5ccccc5c34)n2)cc1. The van der Waals surface area contributed by atoms with Crippen molar-refractivity contribution in [3.05, 3.63) is 140 Å². The minimum atomic E-state index is 0.629. The molecule has 46 heavy (non-hydrogen) atoms. The van der Waals surface area contributed by atoms with Crippen LogP contribution in [0.1, 0.15) is 0 Å². The van der Waals surface area contributed by atoms with Crippen molar-refractivity contribution < 1.29 is 4.42 Å². The van der Waals surface area contributed by atoms with Crippen LogP contribution in [0.3, 0.4) is 0 Å². The second-order valence-electron chi connectivity index (χ2n) is 11.6. The van der Waals surface area contributed by atoms with Gasteiger partial charge in [-0.05, 0) is 64.0 Å². The van der Waals surface area contributed by atoms with Gasteiger partial charge in [-0.25, -0.2) is 15.0 Å². The Kier molecular flexibility index (Phi) is 5.41. The zero-order valence-electron chi connectivity index (χ0n) is 24.4. The van der Waals surface area contributed by atoms with Crippen molar-refractivity contribution in [2.45, 2.75) is 0 Å². The molecule has 7 aromatic carbocycles. The van der Waals surface area contributed by atoms with E-state index in [0.29, 0.717) is 17.5 Å². The van der Waals surface area contributed by atoms with Crippen molar-refractivity contribution in [1.82, 2.24) is 15.0 Å². The zero-order valence-corrected chi connectivity index (χ0v) is 25.3. The predicted octanol–water partition coefficient (Wildman–Crippen LogP) is 11.4. The summed E-state index contributed by atoms with van der Waals surface area (Å²) in [6.45, 7) is 0. The normalized spacial score (nSPS) is 11.9. The summed E-state index contributed by atoms with van der Waals surface area (Å²) < 4.78 is 8.72. The van der Waals surface area contributed by atoms with Gasteiger partial charge in [-0.2, -0.15) is 0 Å². The van der Waals surface area contributed by atoms with Gasteiger partial charge < -0.3 is 4.42 Å². The van der Waals surface area contributed by atoms with Gasteiger partial charge in [-0.1, -0.05) is 97.1 Å². The highest BCUT2D eigenvalue weighted by molar-refractivity contribution is 7.26. The lowest BCUT2D eigenvalue weighted by atomic mass is 10.0. The highest BCUT2D eigenvalue weighted by Gasteiger charge is 2.18. The van der Waals surface area contributed by atoms with Crippen molar-refractivity contribution >= 4 is 75.0 Å². The van der Waals surface area contributed by atoms with E-state index < -0.39 is 0 Å². The fourth-order valence-electron chi connectivity index (χ4n) is 6.69.